The van der Waals surface area contributed by atoms with E-state index >= 15 is 0 Å². The second kappa shape index (κ2) is 8.63. The molecule has 0 saturated carbocycles. The molecule has 1 aromatic carbocycles. The first-order chi connectivity index (χ1) is 14.7. The van der Waals surface area contributed by atoms with E-state index in [1.165, 1.54) is 16.8 Å². The molecule has 2 aliphatic rings. The van der Waals surface area contributed by atoms with Crippen LogP contribution in [0.1, 0.15) is 29.3 Å². The minimum Gasteiger partial charge on any atom is -0.369 e. The lowest BCUT2D eigenvalue weighted by Crippen LogP contribution is -2.49. The molecule has 0 radical (unpaired) electrons. The summed E-state index contributed by atoms with van der Waals surface area (Å²) < 4.78 is 25.4. The summed E-state index contributed by atoms with van der Waals surface area (Å²) in [5.41, 5.74) is 4.64. The smallest absolute Gasteiger partial charge is 0.239 e. The highest BCUT2D eigenvalue weighted by Gasteiger charge is 2.31. The van der Waals surface area contributed by atoms with Crippen molar-refractivity contribution in [2.24, 2.45) is 0 Å². The Hall–Kier alpha value is -2.39. The Morgan fingerprint density at radius 1 is 1.16 bits per heavy atom. The zero-order valence-electron chi connectivity index (χ0n) is 18.5. The van der Waals surface area contributed by atoms with Gasteiger partial charge in [-0.3, -0.25) is 9.69 Å². The Bertz CT molecular complexity index is 1070. The SMILES string of the molecule is Cc1cc(NC(=O)CN2CCN(c3cccc(C)c3C)CC2)n(C2CCS(=O)(=O)C2)n1. The highest BCUT2D eigenvalue weighted by Crippen LogP contribution is 2.27. The van der Waals surface area contributed by atoms with Gasteiger partial charge >= 0.3 is 0 Å². The van der Waals surface area contributed by atoms with Crippen molar-refractivity contribution in [3.63, 3.8) is 0 Å². The summed E-state index contributed by atoms with van der Waals surface area (Å²) in [6, 6.07) is 7.99. The number of aryl methyl sites for hydroxylation is 2. The highest BCUT2D eigenvalue weighted by atomic mass is 32.2. The van der Waals surface area contributed by atoms with Crippen molar-refractivity contribution in [3.8, 4) is 0 Å². The highest BCUT2D eigenvalue weighted by molar-refractivity contribution is 7.91. The predicted octanol–water partition coefficient (Wildman–Crippen LogP) is 1.93. The van der Waals surface area contributed by atoms with Crippen LogP contribution < -0.4 is 10.2 Å². The predicted molar refractivity (Wildman–Crippen MR) is 122 cm³/mol. The Morgan fingerprint density at radius 2 is 1.90 bits per heavy atom. The zero-order valence-corrected chi connectivity index (χ0v) is 19.3. The maximum Gasteiger partial charge on any atom is 0.239 e. The van der Waals surface area contributed by atoms with Crippen LogP contribution in [0.3, 0.4) is 0 Å². The number of nitrogens with zero attached hydrogens (tertiary/aromatic N) is 4. The number of hydrogen-bond donors (Lipinski definition) is 1. The van der Waals surface area contributed by atoms with E-state index in [1.807, 2.05) is 6.92 Å². The van der Waals surface area contributed by atoms with E-state index in [0.717, 1.165) is 31.9 Å². The van der Waals surface area contributed by atoms with Gasteiger partial charge in [0.1, 0.15) is 5.82 Å². The number of carbonyl (C=O) groups excluding carboxylic acids is 1. The Labute approximate surface area is 184 Å². The van der Waals surface area contributed by atoms with E-state index in [9.17, 15) is 13.2 Å². The lowest BCUT2D eigenvalue weighted by atomic mass is 10.1. The summed E-state index contributed by atoms with van der Waals surface area (Å²) in [5, 5.41) is 7.39. The number of rotatable bonds is 5. The number of benzene rings is 1. The molecule has 3 heterocycles. The molecule has 31 heavy (non-hydrogen) atoms. The van der Waals surface area contributed by atoms with Gasteiger partial charge in [-0.1, -0.05) is 12.1 Å². The van der Waals surface area contributed by atoms with Crippen molar-refractivity contribution in [2.45, 2.75) is 33.2 Å². The Balaban J connectivity index is 1.34. The Morgan fingerprint density at radius 3 is 2.58 bits per heavy atom. The van der Waals surface area contributed by atoms with Crippen LogP contribution in [0.15, 0.2) is 24.3 Å². The van der Waals surface area contributed by atoms with E-state index in [1.54, 1.807) is 10.7 Å². The second-order valence-electron chi connectivity index (χ2n) is 8.70. The maximum absolute atomic E-state index is 12.7. The number of hydrogen-bond acceptors (Lipinski definition) is 6. The number of nitrogens with one attached hydrogen (secondary N) is 1. The van der Waals surface area contributed by atoms with Crippen molar-refractivity contribution in [2.75, 3.05) is 54.4 Å². The van der Waals surface area contributed by atoms with E-state index in [2.05, 4.69) is 52.3 Å². The molecule has 1 amide bonds. The molecule has 2 aromatic rings. The summed E-state index contributed by atoms with van der Waals surface area (Å²) >= 11 is 0. The molecule has 1 atom stereocenters. The fourth-order valence-corrected chi connectivity index (χ4v) is 6.16. The van der Waals surface area contributed by atoms with Crippen molar-refractivity contribution < 1.29 is 13.2 Å². The third-order valence-corrected chi connectivity index (χ3v) is 8.09. The molecule has 2 aliphatic heterocycles. The first kappa shape index (κ1) is 21.8. The maximum atomic E-state index is 12.7. The molecule has 9 heteroatoms. The van der Waals surface area contributed by atoms with Crippen LogP contribution in [0, 0.1) is 20.8 Å². The quantitative estimate of drug-likeness (QED) is 0.757. The van der Waals surface area contributed by atoms with Crippen LogP contribution in [0.25, 0.3) is 0 Å². The monoisotopic (exact) mass is 445 g/mol. The molecule has 1 aromatic heterocycles. The molecule has 4 rings (SSSR count). The summed E-state index contributed by atoms with van der Waals surface area (Å²) in [5.74, 6) is 0.743. The fourth-order valence-electron chi connectivity index (χ4n) is 4.47. The second-order valence-corrected chi connectivity index (χ2v) is 10.9. The van der Waals surface area contributed by atoms with Crippen molar-refractivity contribution >= 4 is 27.2 Å². The van der Waals surface area contributed by atoms with Gasteiger partial charge in [0, 0.05) is 37.9 Å². The fraction of sp³-hybridized carbons (Fsp3) is 0.545. The van der Waals surface area contributed by atoms with Crippen LogP contribution in [-0.4, -0.2) is 73.2 Å². The third-order valence-electron chi connectivity index (χ3n) is 6.34. The van der Waals surface area contributed by atoms with E-state index in [0.29, 0.717) is 18.8 Å². The van der Waals surface area contributed by atoms with Gasteiger partial charge in [0.05, 0.1) is 29.8 Å². The Kier molecular flexibility index (Phi) is 6.07. The number of aromatic nitrogens is 2. The molecule has 1 N–H and O–H groups in total. The molecule has 8 nitrogen and oxygen atoms in total. The van der Waals surface area contributed by atoms with Gasteiger partial charge in [-0.15, -0.1) is 0 Å². The van der Waals surface area contributed by atoms with Gasteiger partial charge in [-0.05, 0) is 44.4 Å². The van der Waals surface area contributed by atoms with Crippen molar-refractivity contribution in [3.05, 3.63) is 41.1 Å². The number of amides is 1. The summed E-state index contributed by atoms with van der Waals surface area (Å²) in [6.07, 6.45) is 0.534. The van der Waals surface area contributed by atoms with Gasteiger partial charge in [0.25, 0.3) is 0 Å². The molecular formula is C22H31N5O3S. The molecular weight excluding hydrogens is 414 g/mol. The van der Waals surface area contributed by atoms with Crippen LogP contribution in [0.2, 0.25) is 0 Å². The largest absolute Gasteiger partial charge is 0.369 e. The van der Waals surface area contributed by atoms with E-state index < -0.39 is 9.84 Å². The third kappa shape index (κ3) is 4.93. The average Bonchev–Trinajstić information content (AvgIpc) is 3.26. The van der Waals surface area contributed by atoms with Crippen molar-refractivity contribution in [1.82, 2.24) is 14.7 Å². The van der Waals surface area contributed by atoms with E-state index in [-0.39, 0.29) is 23.5 Å². The summed E-state index contributed by atoms with van der Waals surface area (Å²) in [6.45, 7) is 9.86. The van der Waals surface area contributed by atoms with Gasteiger partial charge in [-0.2, -0.15) is 5.10 Å². The topological polar surface area (TPSA) is 87.5 Å². The van der Waals surface area contributed by atoms with Gasteiger partial charge < -0.3 is 10.2 Å². The van der Waals surface area contributed by atoms with Crippen molar-refractivity contribution in [1.29, 1.82) is 0 Å². The van der Waals surface area contributed by atoms with Crippen LogP contribution >= 0.6 is 0 Å². The summed E-state index contributed by atoms with van der Waals surface area (Å²) in [4.78, 5) is 17.3. The minimum absolute atomic E-state index is 0.0807. The number of piperazine rings is 1. The molecule has 2 saturated heterocycles. The molecule has 2 fully saturated rings. The van der Waals surface area contributed by atoms with E-state index in [4.69, 9.17) is 0 Å². The van der Waals surface area contributed by atoms with Gasteiger partial charge in [0.2, 0.25) is 5.91 Å². The number of carbonyl (C=O) groups is 1. The molecule has 0 bridgehead atoms. The molecule has 0 aliphatic carbocycles. The first-order valence-electron chi connectivity index (χ1n) is 10.8. The number of anilines is 2. The molecule has 1 unspecified atom stereocenters. The lowest BCUT2D eigenvalue weighted by Gasteiger charge is -2.36. The van der Waals surface area contributed by atoms with Gasteiger partial charge in [-0.25, -0.2) is 13.1 Å². The van der Waals surface area contributed by atoms with Gasteiger partial charge in [0.15, 0.2) is 9.84 Å². The minimum atomic E-state index is -3.02. The van der Waals surface area contributed by atoms with Crippen LogP contribution in [0.5, 0.6) is 0 Å². The van der Waals surface area contributed by atoms with Crippen LogP contribution in [0.4, 0.5) is 11.5 Å². The lowest BCUT2D eigenvalue weighted by molar-refractivity contribution is -0.117. The molecule has 0 spiro atoms. The normalized spacial score (nSPS) is 21.4. The number of sulfone groups is 1. The summed E-state index contributed by atoms with van der Waals surface area (Å²) in [7, 11) is -3.02. The average molecular weight is 446 g/mol. The standard InChI is InChI=1S/C22H31N5O3S/c1-16-5-4-6-20(18(16)3)26-10-8-25(9-11-26)14-22(28)23-21-13-17(2)24-27(21)19-7-12-31(29,30)15-19/h4-6,13,19H,7-12,14-15H2,1-3H3,(H,23,28). The zero-order chi connectivity index (χ0) is 22.2. The first-order valence-corrected chi connectivity index (χ1v) is 12.6. The van der Waals surface area contributed by atoms with Crippen LogP contribution in [-0.2, 0) is 14.6 Å². The molecule has 168 valence electrons.